The van der Waals surface area contributed by atoms with E-state index in [2.05, 4.69) is 6.92 Å². The van der Waals surface area contributed by atoms with Gasteiger partial charge in [0.25, 0.3) is 0 Å². The quantitative estimate of drug-likeness (QED) is 0.503. The van der Waals surface area contributed by atoms with Crippen LogP contribution in [-0.2, 0) is 19.0 Å². The lowest BCUT2D eigenvalue weighted by Gasteiger charge is -2.36. The third kappa shape index (κ3) is 1.62. The van der Waals surface area contributed by atoms with E-state index in [9.17, 15) is 4.79 Å². The Hall–Kier alpha value is -1.03. The highest BCUT2D eigenvalue weighted by Crippen LogP contribution is 2.35. The van der Waals surface area contributed by atoms with Crippen LogP contribution in [0.2, 0.25) is 0 Å². The molecular weight excluding hydrogens is 184 g/mol. The highest BCUT2D eigenvalue weighted by molar-refractivity contribution is 5.76. The summed E-state index contributed by atoms with van der Waals surface area (Å²) in [5.74, 6) is -0.209. The molecule has 1 saturated heterocycles. The molecule has 4 heteroatoms. The van der Waals surface area contributed by atoms with E-state index < -0.39 is 6.10 Å². The van der Waals surface area contributed by atoms with Crippen molar-refractivity contribution in [2.24, 2.45) is 5.92 Å². The van der Waals surface area contributed by atoms with Gasteiger partial charge in [0.05, 0.1) is 18.8 Å². The van der Waals surface area contributed by atoms with Gasteiger partial charge in [-0.1, -0.05) is 13.3 Å². The van der Waals surface area contributed by atoms with E-state index in [1.54, 1.807) is 6.26 Å². The largest absolute Gasteiger partial charge is 0.472 e. The maximum absolute atomic E-state index is 11.4. The number of esters is 1. The first-order chi connectivity index (χ1) is 6.83. The summed E-state index contributed by atoms with van der Waals surface area (Å²) in [7, 11) is 0. The van der Waals surface area contributed by atoms with E-state index in [4.69, 9.17) is 14.2 Å². The molecule has 0 aliphatic carbocycles. The molecule has 2 rings (SSSR count). The monoisotopic (exact) mass is 198 g/mol. The molecule has 0 spiro atoms. The van der Waals surface area contributed by atoms with Gasteiger partial charge in [-0.2, -0.15) is 0 Å². The zero-order valence-corrected chi connectivity index (χ0v) is 8.14. The number of carbonyl (C=O) groups excluding carboxylic acids is 1. The molecule has 3 atom stereocenters. The Morgan fingerprint density at radius 2 is 2.43 bits per heavy atom. The van der Waals surface area contributed by atoms with Gasteiger partial charge in [-0.25, -0.2) is 4.79 Å². The van der Waals surface area contributed by atoms with Crippen LogP contribution in [0.3, 0.4) is 0 Å². The van der Waals surface area contributed by atoms with Gasteiger partial charge in [0, 0.05) is 0 Å². The second kappa shape index (κ2) is 4.00. The minimum atomic E-state index is -0.449. The molecule has 78 valence electrons. The first kappa shape index (κ1) is 9.52. The Bertz CT molecular complexity index is 249. The average Bonchev–Trinajstić information content (AvgIpc) is 2.48. The topological polar surface area (TPSA) is 44.8 Å². The third-order valence-corrected chi connectivity index (χ3v) is 2.43. The van der Waals surface area contributed by atoms with Crippen LogP contribution < -0.4 is 0 Å². The van der Waals surface area contributed by atoms with Crippen molar-refractivity contribution in [2.75, 3.05) is 6.61 Å². The summed E-state index contributed by atoms with van der Waals surface area (Å²) < 4.78 is 15.3. The summed E-state index contributed by atoms with van der Waals surface area (Å²) in [6.07, 6.45) is 4.65. The van der Waals surface area contributed by atoms with Crippen molar-refractivity contribution >= 4 is 5.97 Å². The highest BCUT2D eigenvalue weighted by atomic mass is 16.7. The molecule has 0 saturated carbocycles. The lowest BCUT2D eigenvalue weighted by atomic mass is 9.97. The van der Waals surface area contributed by atoms with Crippen LogP contribution in [-0.4, -0.2) is 25.0 Å². The van der Waals surface area contributed by atoms with Crippen LogP contribution in [0.1, 0.15) is 19.8 Å². The van der Waals surface area contributed by atoms with Gasteiger partial charge in [0.15, 0.2) is 6.10 Å². The zero-order valence-electron chi connectivity index (χ0n) is 8.14. The summed E-state index contributed by atoms with van der Waals surface area (Å²) >= 11 is 0. The Morgan fingerprint density at radius 3 is 3.14 bits per heavy atom. The van der Waals surface area contributed by atoms with Crippen molar-refractivity contribution in [2.45, 2.75) is 32.2 Å². The molecule has 3 unspecified atom stereocenters. The van der Waals surface area contributed by atoms with E-state index in [-0.39, 0.29) is 18.2 Å². The van der Waals surface area contributed by atoms with Crippen LogP contribution in [0, 0.1) is 5.92 Å². The molecule has 1 fully saturated rings. The smallest absolute Gasteiger partial charge is 0.336 e. The molecule has 0 aromatic heterocycles. The average molecular weight is 198 g/mol. The molecule has 0 radical (unpaired) electrons. The molecule has 0 bridgehead atoms. The second-order valence-electron chi connectivity index (χ2n) is 3.49. The predicted molar refractivity (Wildman–Crippen MR) is 48.2 cm³/mol. The number of hydrogen-bond acceptors (Lipinski definition) is 4. The van der Waals surface area contributed by atoms with E-state index in [1.807, 2.05) is 6.08 Å². The van der Waals surface area contributed by atoms with Crippen LogP contribution in [0.25, 0.3) is 0 Å². The van der Waals surface area contributed by atoms with Crippen molar-refractivity contribution in [3.63, 3.8) is 0 Å². The van der Waals surface area contributed by atoms with Gasteiger partial charge in [-0.3, -0.25) is 0 Å². The summed E-state index contributed by atoms with van der Waals surface area (Å²) in [5.41, 5.74) is 0. The van der Waals surface area contributed by atoms with Gasteiger partial charge < -0.3 is 14.2 Å². The molecule has 0 aromatic rings. The minimum absolute atomic E-state index is 0.0594. The van der Waals surface area contributed by atoms with Crippen LogP contribution >= 0.6 is 0 Å². The van der Waals surface area contributed by atoms with Crippen LogP contribution in [0.15, 0.2) is 12.3 Å². The molecule has 14 heavy (non-hydrogen) atoms. The standard InChI is InChI=1S/C10H14O4/c1-2-3-5-12-9(11)8-7-4-6-13-10(7)14-8/h4,6-8,10H,2-3,5H2,1H3. The van der Waals surface area contributed by atoms with E-state index in [0.29, 0.717) is 6.61 Å². The van der Waals surface area contributed by atoms with Gasteiger partial charge in [0.2, 0.25) is 6.29 Å². The number of ether oxygens (including phenoxy) is 3. The molecule has 0 N–H and O–H groups in total. The maximum Gasteiger partial charge on any atom is 0.336 e. The fourth-order valence-corrected chi connectivity index (χ4v) is 1.52. The number of hydrogen-bond donors (Lipinski definition) is 0. The molecule has 2 aliphatic heterocycles. The van der Waals surface area contributed by atoms with E-state index >= 15 is 0 Å². The first-order valence-electron chi connectivity index (χ1n) is 4.97. The SMILES string of the molecule is CCCCOC(=O)C1OC2OC=CC21. The first-order valence-corrected chi connectivity index (χ1v) is 4.97. The molecular formula is C10H14O4. The van der Waals surface area contributed by atoms with Crippen LogP contribution in [0.5, 0.6) is 0 Å². The van der Waals surface area contributed by atoms with Gasteiger partial charge in [-0.15, -0.1) is 0 Å². The summed E-state index contributed by atoms with van der Waals surface area (Å²) in [6.45, 7) is 2.54. The number of rotatable bonds is 4. The van der Waals surface area contributed by atoms with E-state index in [0.717, 1.165) is 12.8 Å². The molecule has 2 heterocycles. The number of carbonyl (C=O) groups is 1. The normalized spacial score (nSPS) is 33.1. The summed E-state index contributed by atoms with van der Waals surface area (Å²) in [5, 5.41) is 0. The zero-order chi connectivity index (χ0) is 9.97. The fourth-order valence-electron chi connectivity index (χ4n) is 1.52. The van der Waals surface area contributed by atoms with Gasteiger partial charge >= 0.3 is 5.97 Å². The summed E-state index contributed by atoms with van der Waals surface area (Å²) in [6, 6.07) is 0. The predicted octanol–water partition coefficient (Wildman–Crippen LogP) is 1.21. The fraction of sp³-hybridized carbons (Fsp3) is 0.700. The van der Waals surface area contributed by atoms with Crippen LogP contribution in [0.4, 0.5) is 0 Å². The summed E-state index contributed by atoms with van der Waals surface area (Å²) in [4.78, 5) is 11.4. The van der Waals surface area contributed by atoms with E-state index in [1.165, 1.54) is 0 Å². The van der Waals surface area contributed by atoms with Crippen molar-refractivity contribution in [1.82, 2.24) is 0 Å². The van der Waals surface area contributed by atoms with Gasteiger partial charge in [-0.05, 0) is 12.5 Å². The van der Waals surface area contributed by atoms with Crippen molar-refractivity contribution < 1.29 is 19.0 Å². The Morgan fingerprint density at radius 1 is 1.57 bits per heavy atom. The van der Waals surface area contributed by atoms with Crippen molar-refractivity contribution in [3.8, 4) is 0 Å². The molecule has 0 amide bonds. The lowest BCUT2D eigenvalue weighted by molar-refractivity contribution is -0.257. The number of unbranched alkanes of at least 4 members (excludes halogenated alkanes) is 1. The van der Waals surface area contributed by atoms with Crippen molar-refractivity contribution in [1.29, 1.82) is 0 Å². The minimum Gasteiger partial charge on any atom is -0.472 e. The van der Waals surface area contributed by atoms with Crippen molar-refractivity contribution in [3.05, 3.63) is 12.3 Å². The maximum atomic E-state index is 11.4. The number of fused-ring (bicyclic) bond motifs is 1. The molecule has 4 nitrogen and oxygen atoms in total. The Balaban J connectivity index is 1.74. The lowest BCUT2D eigenvalue weighted by Crippen LogP contribution is -2.51. The molecule has 2 aliphatic rings. The van der Waals surface area contributed by atoms with Gasteiger partial charge in [0.1, 0.15) is 0 Å². The molecule has 0 aromatic carbocycles. The third-order valence-electron chi connectivity index (χ3n) is 2.43. The second-order valence-corrected chi connectivity index (χ2v) is 3.49. The Kier molecular flexibility index (Phi) is 2.72. The Labute approximate surface area is 82.8 Å². The highest BCUT2D eigenvalue weighted by Gasteiger charge is 2.49.